The normalized spacial score (nSPS) is 21.2. The van der Waals surface area contributed by atoms with E-state index >= 15 is 0 Å². The van der Waals surface area contributed by atoms with Crippen LogP contribution >= 0.6 is 0 Å². The fraction of sp³-hybridized carbons (Fsp3) is 0.650. The second-order valence-electron chi connectivity index (χ2n) is 7.54. The summed E-state index contributed by atoms with van der Waals surface area (Å²) in [5, 5.41) is 3.12. The number of hydrogen-bond donors (Lipinski definition) is 1. The summed E-state index contributed by atoms with van der Waals surface area (Å²) < 4.78 is 26.9. The lowest BCUT2D eigenvalue weighted by Crippen LogP contribution is -2.46. The van der Waals surface area contributed by atoms with E-state index in [1.165, 1.54) is 17.1 Å². The van der Waals surface area contributed by atoms with Crippen LogP contribution in [0.3, 0.4) is 0 Å². The number of rotatable bonds is 7. The number of hydrogen-bond acceptors (Lipinski definition) is 4. The molecule has 3 rings (SSSR count). The first-order chi connectivity index (χ1) is 13.0. The van der Waals surface area contributed by atoms with E-state index in [9.17, 15) is 13.2 Å². The summed E-state index contributed by atoms with van der Waals surface area (Å²) in [5.74, 6) is -0.0206. The number of carbonyl (C=O) groups excluding carboxylic acids is 1. The molecular weight excluding hydrogens is 362 g/mol. The van der Waals surface area contributed by atoms with E-state index in [0.29, 0.717) is 43.4 Å². The first-order valence-corrected chi connectivity index (χ1v) is 11.5. The number of sulfonamides is 1. The van der Waals surface area contributed by atoms with Crippen molar-refractivity contribution in [3.05, 3.63) is 30.3 Å². The maximum absolute atomic E-state index is 12.7. The van der Waals surface area contributed by atoms with Crippen LogP contribution in [0.15, 0.2) is 35.2 Å². The predicted octanol–water partition coefficient (Wildman–Crippen LogP) is 2.08. The van der Waals surface area contributed by atoms with E-state index in [0.717, 1.165) is 19.5 Å². The van der Waals surface area contributed by atoms with Gasteiger partial charge in [-0.3, -0.25) is 9.69 Å². The fourth-order valence-electron chi connectivity index (χ4n) is 4.10. The van der Waals surface area contributed by atoms with Gasteiger partial charge in [-0.15, -0.1) is 0 Å². The lowest BCUT2D eigenvalue weighted by Gasteiger charge is -2.31. The van der Waals surface area contributed by atoms with Crippen molar-refractivity contribution < 1.29 is 13.2 Å². The molecule has 2 aliphatic heterocycles. The van der Waals surface area contributed by atoms with E-state index in [4.69, 9.17) is 0 Å². The maximum Gasteiger partial charge on any atom is 0.243 e. The van der Waals surface area contributed by atoms with Gasteiger partial charge in [0.05, 0.1) is 4.90 Å². The Hall–Kier alpha value is -1.44. The summed E-state index contributed by atoms with van der Waals surface area (Å²) in [6.07, 6.45) is 4.70. The molecule has 2 fully saturated rings. The Morgan fingerprint density at radius 1 is 1.11 bits per heavy atom. The van der Waals surface area contributed by atoms with E-state index in [1.54, 1.807) is 30.3 Å². The molecule has 1 amide bonds. The number of likely N-dealkylation sites (tertiary alicyclic amines) is 1. The van der Waals surface area contributed by atoms with E-state index in [1.807, 2.05) is 0 Å². The molecule has 7 heteroatoms. The summed E-state index contributed by atoms with van der Waals surface area (Å²) in [5.41, 5.74) is 0. The molecule has 0 radical (unpaired) electrons. The molecule has 150 valence electrons. The highest BCUT2D eigenvalue weighted by molar-refractivity contribution is 7.89. The summed E-state index contributed by atoms with van der Waals surface area (Å²) in [6.45, 7) is 5.92. The second-order valence-corrected chi connectivity index (χ2v) is 9.48. The minimum Gasteiger partial charge on any atom is -0.354 e. The van der Waals surface area contributed by atoms with Crippen molar-refractivity contribution in [1.29, 1.82) is 0 Å². The zero-order valence-corrected chi connectivity index (χ0v) is 17.0. The van der Waals surface area contributed by atoms with Gasteiger partial charge in [0.25, 0.3) is 0 Å². The third-order valence-corrected chi connectivity index (χ3v) is 7.76. The van der Waals surface area contributed by atoms with E-state index in [-0.39, 0.29) is 11.8 Å². The number of carbonyl (C=O) groups is 1. The number of piperidine rings is 1. The number of amides is 1. The molecule has 1 aromatic carbocycles. The van der Waals surface area contributed by atoms with Crippen LogP contribution in [0.1, 0.15) is 39.0 Å². The van der Waals surface area contributed by atoms with Crippen LogP contribution in [0.5, 0.6) is 0 Å². The maximum atomic E-state index is 12.7. The Labute approximate surface area is 163 Å². The molecule has 2 heterocycles. The van der Waals surface area contributed by atoms with Gasteiger partial charge in [0.1, 0.15) is 0 Å². The van der Waals surface area contributed by atoms with Gasteiger partial charge in [-0.05, 0) is 57.3 Å². The minimum atomic E-state index is -3.46. The van der Waals surface area contributed by atoms with Crippen molar-refractivity contribution in [1.82, 2.24) is 14.5 Å². The molecule has 2 aliphatic rings. The third kappa shape index (κ3) is 4.89. The van der Waals surface area contributed by atoms with Gasteiger partial charge in [0.2, 0.25) is 15.9 Å². The van der Waals surface area contributed by atoms with Crippen LogP contribution in [0, 0.1) is 5.92 Å². The monoisotopic (exact) mass is 393 g/mol. The molecule has 1 N–H and O–H groups in total. The first-order valence-electron chi connectivity index (χ1n) is 10.1. The molecule has 0 bridgehead atoms. The number of nitrogens with one attached hydrogen (secondary N) is 1. The Bertz CT molecular complexity index is 709. The lowest BCUT2D eigenvalue weighted by atomic mass is 9.97. The van der Waals surface area contributed by atoms with Gasteiger partial charge in [-0.25, -0.2) is 8.42 Å². The Morgan fingerprint density at radius 3 is 2.33 bits per heavy atom. The molecule has 0 spiro atoms. The van der Waals surface area contributed by atoms with Crippen LogP contribution in [0.4, 0.5) is 0 Å². The van der Waals surface area contributed by atoms with Gasteiger partial charge < -0.3 is 5.32 Å². The molecular formula is C20H31N3O3S. The first kappa shape index (κ1) is 20.3. The van der Waals surface area contributed by atoms with Crippen molar-refractivity contribution in [2.45, 2.75) is 50.0 Å². The molecule has 1 aromatic rings. The average molecular weight is 394 g/mol. The average Bonchev–Trinajstić information content (AvgIpc) is 3.24. The summed E-state index contributed by atoms with van der Waals surface area (Å²) in [7, 11) is -3.46. The molecule has 6 nitrogen and oxygen atoms in total. The lowest BCUT2D eigenvalue weighted by molar-refractivity contribution is -0.126. The Kier molecular flexibility index (Phi) is 6.89. The Morgan fingerprint density at radius 2 is 1.74 bits per heavy atom. The largest absolute Gasteiger partial charge is 0.354 e. The van der Waals surface area contributed by atoms with Gasteiger partial charge in [0.15, 0.2) is 0 Å². The van der Waals surface area contributed by atoms with Crippen LogP contribution in [-0.2, 0) is 14.8 Å². The minimum absolute atomic E-state index is 0.0735. The third-order valence-electron chi connectivity index (χ3n) is 5.85. The molecule has 2 saturated heterocycles. The van der Waals surface area contributed by atoms with Crippen LogP contribution in [0.2, 0.25) is 0 Å². The molecule has 1 unspecified atom stereocenters. The van der Waals surface area contributed by atoms with Gasteiger partial charge in [-0.1, -0.05) is 25.1 Å². The van der Waals surface area contributed by atoms with Gasteiger partial charge >= 0.3 is 0 Å². The van der Waals surface area contributed by atoms with Crippen molar-refractivity contribution in [3.8, 4) is 0 Å². The zero-order chi connectivity index (χ0) is 19.3. The van der Waals surface area contributed by atoms with Gasteiger partial charge in [-0.2, -0.15) is 4.31 Å². The van der Waals surface area contributed by atoms with Crippen LogP contribution in [-0.4, -0.2) is 62.3 Å². The smallest absolute Gasteiger partial charge is 0.243 e. The number of benzene rings is 1. The standard InChI is InChI=1S/C20H31N3O3S/c1-2-18(22-12-6-7-13-22)16-21-20(24)17-10-14-23(15-11-17)27(25,26)19-8-4-3-5-9-19/h3-5,8-9,17-18H,2,6-7,10-16H2,1H3,(H,21,24). The highest BCUT2D eigenvalue weighted by atomic mass is 32.2. The second kappa shape index (κ2) is 9.17. The fourth-order valence-corrected chi connectivity index (χ4v) is 5.59. The van der Waals surface area contributed by atoms with E-state index in [2.05, 4.69) is 17.1 Å². The SMILES string of the molecule is CCC(CNC(=O)C1CCN(S(=O)(=O)c2ccccc2)CC1)N1CCCC1. The molecule has 0 aromatic heterocycles. The quantitative estimate of drug-likeness (QED) is 0.770. The van der Waals surface area contributed by atoms with Crippen molar-refractivity contribution >= 4 is 15.9 Å². The molecule has 0 saturated carbocycles. The molecule has 0 aliphatic carbocycles. The van der Waals surface area contributed by atoms with E-state index < -0.39 is 10.0 Å². The van der Waals surface area contributed by atoms with Gasteiger partial charge in [0, 0.05) is 31.6 Å². The molecule has 27 heavy (non-hydrogen) atoms. The van der Waals surface area contributed by atoms with Crippen molar-refractivity contribution in [3.63, 3.8) is 0 Å². The predicted molar refractivity (Wildman–Crippen MR) is 106 cm³/mol. The highest BCUT2D eigenvalue weighted by Gasteiger charge is 2.32. The van der Waals surface area contributed by atoms with Crippen LogP contribution in [0.25, 0.3) is 0 Å². The zero-order valence-electron chi connectivity index (χ0n) is 16.1. The Balaban J connectivity index is 1.49. The highest BCUT2D eigenvalue weighted by Crippen LogP contribution is 2.24. The molecule has 1 atom stereocenters. The summed E-state index contributed by atoms with van der Waals surface area (Å²) in [4.78, 5) is 15.4. The van der Waals surface area contributed by atoms with Crippen molar-refractivity contribution in [2.75, 3.05) is 32.7 Å². The summed E-state index contributed by atoms with van der Waals surface area (Å²) in [6, 6.07) is 8.93. The van der Waals surface area contributed by atoms with Crippen LogP contribution < -0.4 is 5.32 Å². The topological polar surface area (TPSA) is 69.7 Å². The number of nitrogens with zero attached hydrogens (tertiary/aromatic N) is 2. The van der Waals surface area contributed by atoms with Crippen molar-refractivity contribution in [2.24, 2.45) is 5.92 Å². The summed E-state index contributed by atoms with van der Waals surface area (Å²) >= 11 is 0.